The first kappa shape index (κ1) is 8.63. The van der Waals surface area contributed by atoms with Crippen LogP contribution in [-0.2, 0) is 6.54 Å². The molecular weight excluding hydrogens is 172 g/mol. The van der Waals surface area contributed by atoms with E-state index in [0.29, 0.717) is 18.0 Å². The SMILES string of the molecule is N#Cc1ncn(CCS)c1C#N. The highest BCUT2D eigenvalue weighted by molar-refractivity contribution is 7.80. The Labute approximate surface area is 75.5 Å². The summed E-state index contributed by atoms with van der Waals surface area (Å²) in [7, 11) is 0. The maximum absolute atomic E-state index is 8.66. The Bertz CT molecular complexity index is 354. The summed E-state index contributed by atoms with van der Waals surface area (Å²) in [6.45, 7) is 0.598. The molecule has 0 radical (unpaired) electrons. The maximum atomic E-state index is 8.66. The largest absolute Gasteiger partial charge is 0.320 e. The Kier molecular flexibility index (Phi) is 2.73. The van der Waals surface area contributed by atoms with Gasteiger partial charge in [0, 0.05) is 12.3 Å². The van der Waals surface area contributed by atoms with Crippen molar-refractivity contribution in [3.05, 3.63) is 17.7 Å². The Balaban J connectivity index is 3.09. The fourth-order valence-electron chi connectivity index (χ4n) is 0.859. The Morgan fingerprint density at radius 1 is 1.50 bits per heavy atom. The third kappa shape index (κ3) is 1.41. The first-order valence-electron chi connectivity index (χ1n) is 3.29. The van der Waals surface area contributed by atoms with Crippen molar-refractivity contribution in [2.24, 2.45) is 0 Å². The van der Waals surface area contributed by atoms with Crippen molar-refractivity contribution in [3.63, 3.8) is 0 Å². The normalized spacial score (nSPS) is 8.92. The minimum Gasteiger partial charge on any atom is -0.320 e. The second kappa shape index (κ2) is 3.80. The average Bonchev–Trinajstić information content (AvgIpc) is 2.47. The molecule has 0 saturated heterocycles. The van der Waals surface area contributed by atoms with Crippen LogP contribution in [0, 0.1) is 22.7 Å². The lowest BCUT2D eigenvalue weighted by molar-refractivity contribution is 0.761. The van der Waals surface area contributed by atoms with Crippen LogP contribution in [-0.4, -0.2) is 15.3 Å². The van der Waals surface area contributed by atoms with Gasteiger partial charge in [0.1, 0.15) is 12.1 Å². The molecule has 0 unspecified atom stereocenters. The zero-order chi connectivity index (χ0) is 8.97. The summed E-state index contributed by atoms with van der Waals surface area (Å²) in [6.07, 6.45) is 1.48. The highest BCUT2D eigenvalue weighted by Crippen LogP contribution is 2.04. The van der Waals surface area contributed by atoms with Gasteiger partial charge in [-0.1, -0.05) is 0 Å². The summed E-state index contributed by atoms with van der Waals surface area (Å²) in [5.41, 5.74) is 0.492. The van der Waals surface area contributed by atoms with Gasteiger partial charge < -0.3 is 4.57 Å². The van der Waals surface area contributed by atoms with E-state index in [9.17, 15) is 0 Å². The molecule has 0 amide bonds. The predicted molar refractivity (Wildman–Crippen MR) is 45.5 cm³/mol. The van der Waals surface area contributed by atoms with E-state index in [1.807, 2.05) is 12.1 Å². The van der Waals surface area contributed by atoms with Gasteiger partial charge in [-0.05, 0) is 0 Å². The third-order valence-electron chi connectivity index (χ3n) is 1.39. The number of nitrogens with zero attached hydrogens (tertiary/aromatic N) is 4. The summed E-state index contributed by atoms with van der Waals surface area (Å²) in [6, 6.07) is 3.77. The molecule has 0 aliphatic rings. The number of aromatic nitrogens is 2. The molecule has 12 heavy (non-hydrogen) atoms. The summed E-state index contributed by atoms with van der Waals surface area (Å²) < 4.78 is 1.62. The van der Waals surface area contributed by atoms with Gasteiger partial charge in [0.15, 0.2) is 11.4 Å². The minimum atomic E-state index is 0.180. The van der Waals surface area contributed by atoms with Gasteiger partial charge in [-0.3, -0.25) is 0 Å². The molecule has 1 aromatic rings. The van der Waals surface area contributed by atoms with Crippen molar-refractivity contribution in [1.82, 2.24) is 9.55 Å². The van der Waals surface area contributed by atoms with Crippen molar-refractivity contribution in [3.8, 4) is 12.1 Å². The first-order chi connectivity index (χ1) is 5.83. The second-order valence-electron chi connectivity index (χ2n) is 2.08. The van der Waals surface area contributed by atoms with E-state index in [1.54, 1.807) is 4.57 Å². The van der Waals surface area contributed by atoms with Gasteiger partial charge >= 0.3 is 0 Å². The molecule has 0 spiro atoms. The number of imidazole rings is 1. The molecule has 0 fully saturated rings. The van der Waals surface area contributed by atoms with Crippen LogP contribution in [0.4, 0.5) is 0 Å². The Hall–Kier alpha value is -1.46. The van der Waals surface area contributed by atoms with Crippen molar-refractivity contribution in [2.45, 2.75) is 6.54 Å². The van der Waals surface area contributed by atoms with Gasteiger partial charge in [-0.25, -0.2) is 4.98 Å². The zero-order valence-corrected chi connectivity index (χ0v) is 7.12. The number of thiol groups is 1. The van der Waals surface area contributed by atoms with E-state index in [0.717, 1.165) is 0 Å². The summed E-state index contributed by atoms with van der Waals surface area (Å²) in [5.74, 6) is 0.621. The molecule has 4 nitrogen and oxygen atoms in total. The summed E-state index contributed by atoms with van der Waals surface area (Å²) >= 11 is 4.02. The van der Waals surface area contributed by atoms with E-state index >= 15 is 0 Å². The number of rotatable bonds is 2. The van der Waals surface area contributed by atoms with Crippen LogP contribution in [0.2, 0.25) is 0 Å². The number of aryl methyl sites for hydroxylation is 1. The number of nitriles is 2. The van der Waals surface area contributed by atoms with Crippen LogP contribution in [0.5, 0.6) is 0 Å². The second-order valence-corrected chi connectivity index (χ2v) is 2.53. The van der Waals surface area contributed by atoms with Crippen molar-refractivity contribution in [1.29, 1.82) is 10.5 Å². The minimum absolute atomic E-state index is 0.180. The molecule has 1 rings (SSSR count). The van der Waals surface area contributed by atoms with E-state index < -0.39 is 0 Å². The van der Waals surface area contributed by atoms with Crippen LogP contribution < -0.4 is 0 Å². The standard InChI is InChI=1S/C7H6N4S/c8-3-6-7(4-9)11(1-2-12)5-10-6/h5,12H,1-2H2. The molecular formula is C7H6N4S. The fraction of sp³-hybridized carbons (Fsp3) is 0.286. The molecule has 0 N–H and O–H groups in total. The molecule has 0 atom stereocenters. The maximum Gasteiger partial charge on any atom is 0.176 e. The molecule has 1 heterocycles. The van der Waals surface area contributed by atoms with Crippen LogP contribution in [0.25, 0.3) is 0 Å². The van der Waals surface area contributed by atoms with Crippen LogP contribution >= 0.6 is 12.6 Å². The zero-order valence-electron chi connectivity index (χ0n) is 6.23. The lowest BCUT2D eigenvalue weighted by Gasteiger charge is -1.97. The highest BCUT2D eigenvalue weighted by Gasteiger charge is 2.07. The smallest absolute Gasteiger partial charge is 0.176 e. The van der Waals surface area contributed by atoms with Crippen LogP contribution in [0.1, 0.15) is 11.4 Å². The lowest BCUT2D eigenvalue weighted by atomic mass is 10.3. The van der Waals surface area contributed by atoms with Gasteiger partial charge in [0.25, 0.3) is 0 Å². The molecule has 0 saturated carbocycles. The quantitative estimate of drug-likeness (QED) is 0.673. The first-order valence-corrected chi connectivity index (χ1v) is 3.93. The van der Waals surface area contributed by atoms with Gasteiger partial charge in [-0.2, -0.15) is 23.2 Å². The van der Waals surface area contributed by atoms with Gasteiger partial charge in [-0.15, -0.1) is 0 Å². The Morgan fingerprint density at radius 3 is 2.75 bits per heavy atom. The number of hydrogen-bond acceptors (Lipinski definition) is 4. The van der Waals surface area contributed by atoms with E-state index in [-0.39, 0.29) is 5.69 Å². The molecule has 0 bridgehead atoms. The lowest BCUT2D eigenvalue weighted by Crippen LogP contribution is -2.00. The van der Waals surface area contributed by atoms with Crippen molar-refractivity contribution in [2.75, 3.05) is 5.75 Å². The number of hydrogen-bond donors (Lipinski definition) is 1. The third-order valence-corrected chi connectivity index (χ3v) is 1.59. The summed E-state index contributed by atoms with van der Waals surface area (Å²) in [5, 5.41) is 17.2. The molecule has 60 valence electrons. The predicted octanol–water partition coefficient (Wildman–Crippen LogP) is 0.556. The molecule has 5 heteroatoms. The fourth-order valence-corrected chi connectivity index (χ4v) is 1.07. The van der Waals surface area contributed by atoms with Crippen molar-refractivity contribution >= 4 is 12.6 Å². The molecule has 1 aromatic heterocycles. The van der Waals surface area contributed by atoms with E-state index in [4.69, 9.17) is 10.5 Å². The summed E-state index contributed by atoms with van der Waals surface area (Å²) in [4.78, 5) is 3.77. The van der Waals surface area contributed by atoms with Gasteiger partial charge in [0.2, 0.25) is 0 Å². The van der Waals surface area contributed by atoms with E-state index in [1.165, 1.54) is 6.33 Å². The van der Waals surface area contributed by atoms with Crippen LogP contribution in [0.15, 0.2) is 6.33 Å². The topological polar surface area (TPSA) is 65.4 Å². The monoisotopic (exact) mass is 178 g/mol. The molecule has 0 aromatic carbocycles. The highest BCUT2D eigenvalue weighted by atomic mass is 32.1. The van der Waals surface area contributed by atoms with Crippen molar-refractivity contribution < 1.29 is 0 Å². The molecule has 0 aliphatic heterocycles. The Morgan fingerprint density at radius 2 is 2.25 bits per heavy atom. The van der Waals surface area contributed by atoms with E-state index in [2.05, 4.69) is 17.6 Å². The van der Waals surface area contributed by atoms with Gasteiger partial charge in [0.05, 0.1) is 6.33 Å². The van der Waals surface area contributed by atoms with Crippen LogP contribution in [0.3, 0.4) is 0 Å². The average molecular weight is 178 g/mol. The molecule has 0 aliphatic carbocycles.